The first-order valence-corrected chi connectivity index (χ1v) is 14.8. The van der Waals surface area contributed by atoms with Gasteiger partial charge in [-0.15, -0.1) is 0 Å². The molecule has 9 nitrogen and oxygen atoms in total. The molecular formula is C28H30BrN3O6S. The lowest BCUT2D eigenvalue weighted by molar-refractivity contribution is -0.114. The molecule has 0 spiro atoms. The summed E-state index contributed by atoms with van der Waals surface area (Å²) in [6.07, 6.45) is 1.82. The van der Waals surface area contributed by atoms with Crippen molar-refractivity contribution in [2.45, 2.75) is 30.8 Å². The van der Waals surface area contributed by atoms with Crippen LogP contribution >= 0.6 is 15.9 Å². The van der Waals surface area contributed by atoms with Crippen LogP contribution in [0.15, 0.2) is 82.2 Å². The third kappa shape index (κ3) is 7.37. The summed E-state index contributed by atoms with van der Waals surface area (Å²) in [6, 6.07) is 19.2. The van der Waals surface area contributed by atoms with E-state index in [9.17, 15) is 18.0 Å². The van der Waals surface area contributed by atoms with Crippen molar-refractivity contribution in [2.75, 3.05) is 35.9 Å². The molecule has 0 radical (unpaired) electrons. The number of benzene rings is 3. The number of nitrogens with one attached hydrogen (secondary N) is 2. The van der Waals surface area contributed by atoms with E-state index < -0.39 is 22.5 Å². The zero-order valence-electron chi connectivity index (χ0n) is 21.4. The van der Waals surface area contributed by atoms with Crippen molar-refractivity contribution < 1.29 is 27.5 Å². The summed E-state index contributed by atoms with van der Waals surface area (Å²) in [5.41, 5.74) is 0.839. The largest absolute Gasteiger partial charge is 0.494 e. The van der Waals surface area contributed by atoms with Crippen molar-refractivity contribution in [3.8, 4) is 5.75 Å². The van der Waals surface area contributed by atoms with Gasteiger partial charge in [0.2, 0.25) is 5.91 Å². The van der Waals surface area contributed by atoms with Crippen LogP contribution in [-0.2, 0) is 19.6 Å². The van der Waals surface area contributed by atoms with Crippen LogP contribution in [0.3, 0.4) is 0 Å². The van der Waals surface area contributed by atoms with E-state index in [-0.39, 0.29) is 28.2 Å². The van der Waals surface area contributed by atoms with Gasteiger partial charge in [0, 0.05) is 17.6 Å². The monoisotopic (exact) mass is 615 g/mol. The maximum atomic E-state index is 13.7. The first kappa shape index (κ1) is 28.6. The predicted molar refractivity (Wildman–Crippen MR) is 153 cm³/mol. The Morgan fingerprint density at radius 3 is 2.44 bits per heavy atom. The van der Waals surface area contributed by atoms with Gasteiger partial charge in [0.05, 0.1) is 34.5 Å². The fourth-order valence-corrected chi connectivity index (χ4v) is 5.83. The van der Waals surface area contributed by atoms with Crippen LogP contribution in [0.1, 0.15) is 30.1 Å². The van der Waals surface area contributed by atoms with E-state index in [1.54, 1.807) is 60.7 Å². The second-order valence-corrected chi connectivity index (χ2v) is 11.6. The molecule has 1 atom stereocenters. The molecule has 3 aromatic carbocycles. The van der Waals surface area contributed by atoms with Crippen molar-refractivity contribution in [1.29, 1.82) is 0 Å². The molecular weight excluding hydrogens is 586 g/mol. The number of halogens is 1. The van der Waals surface area contributed by atoms with Gasteiger partial charge in [0.25, 0.3) is 15.9 Å². The van der Waals surface area contributed by atoms with Gasteiger partial charge < -0.3 is 20.1 Å². The summed E-state index contributed by atoms with van der Waals surface area (Å²) in [4.78, 5) is 26.1. The zero-order chi connectivity index (χ0) is 27.8. The van der Waals surface area contributed by atoms with Gasteiger partial charge in [-0.3, -0.25) is 13.9 Å². The number of ether oxygens (including phenoxy) is 2. The second kappa shape index (κ2) is 13.1. The van der Waals surface area contributed by atoms with Crippen molar-refractivity contribution in [1.82, 2.24) is 5.32 Å². The number of para-hydroxylation sites is 1. The number of nitrogens with zero attached hydrogens (tertiary/aromatic N) is 1. The molecule has 3 aromatic rings. The second-order valence-electron chi connectivity index (χ2n) is 8.83. The molecule has 1 aliphatic rings. The first-order valence-electron chi connectivity index (χ1n) is 12.6. The van der Waals surface area contributed by atoms with Crippen molar-refractivity contribution >= 4 is 49.1 Å². The van der Waals surface area contributed by atoms with Crippen LogP contribution in [-0.4, -0.2) is 52.6 Å². The Balaban J connectivity index is 1.56. The molecule has 11 heteroatoms. The highest BCUT2D eigenvalue weighted by Gasteiger charge is 2.28. The molecule has 0 saturated carbocycles. The molecule has 0 aromatic heterocycles. The van der Waals surface area contributed by atoms with Crippen LogP contribution in [0.5, 0.6) is 5.75 Å². The number of carbonyl (C=O) groups is 2. The lowest BCUT2D eigenvalue weighted by Crippen LogP contribution is -2.38. The quantitative estimate of drug-likeness (QED) is 0.326. The number of rotatable bonds is 11. The minimum atomic E-state index is -4.11. The number of hydrogen-bond acceptors (Lipinski definition) is 6. The third-order valence-corrected chi connectivity index (χ3v) is 8.40. The van der Waals surface area contributed by atoms with Crippen molar-refractivity contribution in [3.05, 3.63) is 82.8 Å². The fraction of sp³-hybridized carbons (Fsp3) is 0.286. The lowest BCUT2D eigenvalue weighted by Gasteiger charge is -2.24. The SMILES string of the molecule is CCOc1ccc(N(CC(=O)Nc2ccccc2C(=O)NC[C@@H]2CCCO2)S(=O)(=O)c2ccc(Br)cc2)cc1. The molecule has 2 amide bonds. The zero-order valence-corrected chi connectivity index (χ0v) is 23.8. The molecule has 4 rings (SSSR count). The Bertz CT molecular complexity index is 1390. The summed E-state index contributed by atoms with van der Waals surface area (Å²) >= 11 is 3.32. The number of carbonyl (C=O) groups excluding carboxylic acids is 2. The van der Waals surface area contributed by atoms with Crippen LogP contribution < -0.4 is 19.7 Å². The Morgan fingerprint density at radius 2 is 1.77 bits per heavy atom. The predicted octanol–water partition coefficient (Wildman–Crippen LogP) is 4.59. The van der Waals surface area contributed by atoms with Gasteiger partial charge in [0.15, 0.2) is 0 Å². The van der Waals surface area contributed by atoms with E-state index >= 15 is 0 Å². The minimum absolute atomic E-state index is 0.0257. The molecule has 39 heavy (non-hydrogen) atoms. The molecule has 0 unspecified atom stereocenters. The molecule has 0 aliphatic carbocycles. The van der Waals surface area contributed by atoms with Gasteiger partial charge in [-0.05, 0) is 80.4 Å². The number of hydrogen-bond donors (Lipinski definition) is 2. The van der Waals surface area contributed by atoms with E-state index in [1.807, 2.05) is 6.92 Å². The van der Waals surface area contributed by atoms with E-state index in [1.165, 1.54) is 12.1 Å². The normalized spacial score (nSPS) is 15.0. The summed E-state index contributed by atoms with van der Waals surface area (Å²) < 4.78 is 40.1. The summed E-state index contributed by atoms with van der Waals surface area (Å²) in [5, 5.41) is 5.56. The van der Waals surface area contributed by atoms with Crippen LogP contribution in [0, 0.1) is 0 Å². The maximum Gasteiger partial charge on any atom is 0.264 e. The van der Waals surface area contributed by atoms with Crippen LogP contribution in [0.25, 0.3) is 0 Å². The Labute approximate surface area is 236 Å². The lowest BCUT2D eigenvalue weighted by atomic mass is 10.1. The summed E-state index contributed by atoms with van der Waals surface area (Å²) in [6.45, 7) is 2.85. The third-order valence-electron chi connectivity index (χ3n) is 6.08. The molecule has 1 saturated heterocycles. The summed E-state index contributed by atoms with van der Waals surface area (Å²) in [5.74, 6) is -0.383. The maximum absolute atomic E-state index is 13.7. The molecule has 2 N–H and O–H groups in total. The molecule has 1 aliphatic heterocycles. The van der Waals surface area contributed by atoms with E-state index in [0.29, 0.717) is 31.2 Å². The van der Waals surface area contributed by atoms with E-state index in [0.717, 1.165) is 21.6 Å². The van der Waals surface area contributed by atoms with Gasteiger partial charge >= 0.3 is 0 Å². The highest BCUT2D eigenvalue weighted by Crippen LogP contribution is 2.27. The highest BCUT2D eigenvalue weighted by atomic mass is 79.9. The molecule has 206 valence electrons. The van der Waals surface area contributed by atoms with Gasteiger partial charge in [0.1, 0.15) is 12.3 Å². The molecule has 1 fully saturated rings. The molecule has 1 heterocycles. The van der Waals surface area contributed by atoms with Crippen LogP contribution in [0.2, 0.25) is 0 Å². The number of amides is 2. The smallest absolute Gasteiger partial charge is 0.264 e. The van der Waals surface area contributed by atoms with Gasteiger partial charge in [-0.1, -0.05) is 28.1 Å². The summed E-state index contributed by atoms with van der Waals surface area (Å²) in [7, 11) is -4.11. The topological polar surface area (TPSA) is 114 Å². The minimum Gasteiger partial charge on any atom is -0.494 e. The fourth-order valence-electron chi connectivity index (χ4n) is 4.14. The highest BCUT2D eigenvalue weighted by molar-refractivity contribution is 9.10. The van der Waals surface area contributed by atoms with Gasteiger partial charge in [-0.2, -0.15) is 0 Å². The Kier molecular flexibility index (Phi) is 9.60. The van der Waals surface area contributed by atoms with Crippen LogP contribution in [0.4, 0.5) is 11.4 Å². The van der Waals surface area contributed by atoms with Crippen molar-refractivity contribution in [3.63, 3.8) is 0 Å². The first-order chi connectivity index (χ1) is 18.8. The van der Waals surface area contributed by atoms with Gasteiger partial charge in [-0.25, -0.2) is 8.42 Å². The number of anilines is 2. The van der Waals surface area contributed by atoms with Crippen molar-refractivity contribution in [2.24, 2.45) is 0 Å². The Hall–Kier alpha value is -3.41. The van der Waals surface area contributed by atoms with E-state index in [4.69, 9.17) is 9.47 Å². The standard InChI is InChI=1S/C28H30BrN3O6S/c1-2-37-22-13-11-21(12-14-22)32(39(35,36)24-15-9-20(29)10-16-24)19-27(33)31-26-8-4-3-7-25(26)28(34)30-18-23-6-5-17-38-23/h3-4,7-16,23H,2,5-6,17-19H2,1H3,(H,30,34)(H,31,33)/t23-/m0/s1. The van der Waals surface area contributed by atoms with E-state index in [2.05, 4.69) is 26.6 Å². The molecule has 0 bridgehead atoms. The average Bonchev–Trinajstić information content (AvgIpc) is 3.45. The number of sulfonamides is 1. The average molecular weight is 617 g/mol. The Morgan fingerprint density at radius 1 is 1.05 bits per heavy atom.